The highest BCUT2D eigenvalue weighted by molar-refractivity contribution is 5.38. The zero-order chi connectivity index (χ0) is 11.4. The molecule has 1 aromatic heterocycles. The zero-order valence-corrected chi connectivity index (χ0v) is 9.27. The fourth-order valence-electron chi connectivity index (χ4n) is 1.80. The Balaban J connectivity index is 2.31. The van der Waals surface area contributed by atoms with Crippen LogP contribution in [0.5, 0.6) is 0 Å². The van der Waals surface area contributed by atoms with Gasteiger partial charge in [0.1, 0.15) is 0 Å². The van der Waals surface area contributed by atoms with Crippen LogP contribution in [0.4, 0.5) is 0 Å². The molecule has 16 heavy (non-hydrogen) atoms. The number of H-pyrrole nitrogens is 1. The van der Waals surface area contributed by atoms with E-state index in [2.05, 4.69) is 30.1 Å². The van der Waals surface area contributed by atoms with Gasteiger partial charge in [0.05, 0.1) is 12.0 Å². The van der Waals surface area contributed by atoms with Gasteiger partial charge in [-0.2, -0.15) is 5.26 Å². The van der Waals surface area contributed by atoms with Crippen LogP contribution < -0.4 is 0 Å². The Hall–Kier alpha value is -2.01. The first-order chi connectivity index (χ1) is 7.85. The summed E-state index contributed by atoms with van der Waals surface area (Å²) in [5.41, 5.74) is 3.38. The quantitative estimate of drug-likeness (QED) is 0.830. The van der Waals surface area contributed by atoms with Crippen LogP contribution in [0.25, 0.3) is 0 Å². The number of nitrogens with one attached hydrogen (secondary N) is 1. The third-order valence-electron chi connectivity index (χ3n) is 2.81. The summed E-state index contributed by atoms with van der Waals surface area (Å²) in [6, 6.07) is 12.5. The fourth-order valence-corrected chi connectivity index (χ4v) is 1.80. The number of aromatic nitrogens is 1. The van der Waals surface area contributed by atoms with Gasteiger partial charge >= 0.3 is 0 Å². The first-order valence-corrected chi connectivity index (χ1v) is 5.46. The van der Waals surface area contributed by atoms with Gasteiger partial charge < -0.3 is 4.98 Å². The molecule has 1 N–H and O–H groups in total. The maximum absolute atomic E-state index is 9.21. The predicted molar refractivity (Wildman–Crippen MR) is 64.1 cm³/mol. The van der Waals surface area contributed by atoms with E-state index in [1.165, 1.54) is 5.56 Å². The average molecular weight is 210 g/mol. The molecule has 0 bridgehead atoms. The molecule has 2 aromatic rings. The van der Waals surface area contributed by atoms with Gasteiger partial charge in [-0.15, -0.1) is 0 Å². The summed E-state index contributed by atoms with van der Waals surface area (Å²) in [4.78, 5) is 2.99. The van der Waals surface area contributed by atoms with Gasteiger partial charge in [0.2, 0.25) is 0 Å². The van der Waals surface area contributed by atoms with Gasteiger partial charge in [0.15, 0.2) is 0 Å². The highest BCUT2D eigenvalue weighted by Crippen LogP contribution is 2.23. The van der Waals surface area contributed by atoms with Crippen molar-refractivity contribution in [1.82, 2.24) is 4.98 Å². The van der Waals surface area contributed by atoms with Gasteiger partial charge in [-0.3, -0.25) is 0 Å². The average Bonchev–Trinajstić information content (AvgIpc) is 2.85. The number of nitriles is 1. The summed E-state index contributed by atoms with van der Waals surface area (Å²) >= 11 is 0. The number of rotatable bonds is 3. The van der Waals surface area contributed by atoms with E-state index in [-0.39, 0.29) is 5.92 Å². The highest BCUT2D eigenvalue weighted by Gasteiger charge is 2.12. The Morgan fingerprint density at radius 2 is 1.94 bits per heavy atom. The molecular formula is C14H14N2. The Morgan fingerprint density at radius 3 is 2.44 bits per heavy atom. The van der Waals surface area contributed by atoms with E-state index < -0.39 is 0 Å². The van der Waals surface area contributed by atoms with E-state index in [9.17, 15) is 5.26 Å². The normalized spacial score (nSPS) is 12.0. The van der Waals surface area contributed by atoms with Gasteiger partial charge in [0, 0.05) is 12.4 Å². The minimum atomic E-state index is -0.169. The lowest BCUT2D eigenvalue weighted by Gasteiger charge is -2.08. The fraction of sp³-hybridized carbons (Fsp3) is 0.214. The predicted octanol–water partition coefficient (Wildman–Crippen LogP) is 3.23. The minimum absolute atomic E-state index is 0.169. The molecule has 0 amide bonds. The van der Waals surface area contributed by atoms with Crippen molar-refractivity contribution < 1.29 is 0 Å². The van der Waals surface area contributed by atoms with E-state index in [0.29, 0.717) is 0 Å². The van der Waals surface area contributed by atoms with Gasteiger partial charge in [-0.25, -0.2) is 0 Å². The summed E-state index contributed by atoms with van der Waals surface area (Å²) in [6.07, 6.45) is 4.75. The second kappa shape index (κ2) is 4.67. The number of hydrogen-bond acceptors (Lipinski definition) is 1. The molecule has 2 heteroatoms. The van der Waals surface area contributed by atoms with Crippen molar-refractivity contribution in [3.05, 3.63) is 59.4 Å². The summed E-state index contributed by atoms with van der Waals surface area (Å²) in [7, 11) is 0. The van der Waals surface area contributed by atoms with Crippen LogP contribution >= 0.6 is 0 Å². The van der Waals surface area contributed by atoms with Crippen molar-refractivity contribution in [2.75, 3.05) is 0 Å². The maximum Gasteiger partial charge on any atom is 0.0977 e. The number of aromatic amines is 1. The van der Waals surface area contributed by atoms with Crippen molar-refractivity contribution in [1.29, 1.82) is 5.26 Å². The number of benzene rings is 1. The van der Waals surface area contributed by atoms with E-state index >= 15 is 0 Å². The van der Waals surface area contributed by atoms with Gasteiger partial charge in [-0.05, 0) is 29.2 Å². The summed E-state index contributed by atoms with van der Waals surface area (Å²) in [5, 5.41) is 9.21. The Morgan fingerprint density at radius 1 is 1.19 bits per heavy atom. The van der Waals surface area contributed by atoms with Crippen LogP contribution in [0.15, 0.2) is 42.7 Å². The summed E-state index contributed by atoms with van der Waals surface area (Å²) in [6.45, 7) is 2.13. The third-order valence-corrected chi connectivity index (χ3v) is 2.81. The highest BCUT2D eigenvalue weighted by atomic mass is 14.6. The third kappa shape index (κ3) is 1.99. The number of aryl methyl sites for hydroxylation is 1. The Labute approximate surface area is 95.6 Å². The van der Waals surface area contributed by atoms with Crippen LogP contribution in [-0.4, -0.2) is 4.98 Å². The second-order valence-corrected chi connectivity index (χ2v) is 3.80. The van der Waals surface area contributed by atoms with Crippen molar-refractivity contribution in [2.24, 2.45) is 0 Å². The molecule has 0 saturated heterocycles. The van der Waals surface area contributed by atoms with Crippen molar-refractivity contribution in [2.45, 2.75) is 19.3 Å². The monoisotopic (exact) mass is 210 g/mol. The molecule has 1 atom stereocenters. The zero-order valence-electron chi connectivity index (χ0n) is 9.27. The van der Waals surface area contributed by atoms with E-state index in [4.69, 9.17) is 0 Å². The van der Waals surface area contributed by atoms with Gasteiger partial charge in [-0.1, -0.05) is 31.2 Å². The van der Waals surface area contributed by atoms with Crippen molar-refractivity contribution in [3.8, 4) is 6.07 Å². The Kier molecular flexibility index (Phi) is 3.07. The molecule has 0 spiro atoms. The molecule has 0 fully saturated rings. The van der Waals surface area contributed by atoms with E-state index in [0.717, 1.165) is 17.5 Å². The van der Waals surface area contributed by atoms with Crippen molar-refractivity contribution >= 4 is 0 Å². The summed E-state index contributed by atoms with van der Waals surface area (Å²) in [5.74, 6) is -0.169. The minimum Gasteiger partial charge on any atom is -0.367 e. The van der Waals surface area contributed by atoms with Crippen molar-refractivity contribution in [3.63, 3.8) is 0 Å². The van der Waals surface area contributed by atoms with E-state index in [1.54, 1.807) is 0 Å². The van der Waals surface area contributed by atoms with Crippen LogP contribution in [0.3, 0.4) is 0 Å². The lowest BCUT2D eigenvalue weighted by molar-refractivity contribution is 1.03. The molecule has 2 nitrogen and oxygen atoms in total. The molecule has 0 aliphatic heterocycles. The lowest BCUT2D eigenvalue weighted by Crippen LogP contribution is -1.96. The molecule has 0 aliphatic rings. The first-order valence-electron chi connectivity index (χ1n) is 5.46. The number of hydrogen-bond donors (Lipinski definition) is 1. The molecular weight excluding hydrogens is 196 g/mol. The van der Waals surface area contributed by atoms with Gasteiger partial charge in [0.25, 0.3) is 0 Å². The van der Waals surface area contributed by atoms with Crippen LogP contribution in [0.1, 0.15) is 29.5 Å². The topological polar surface area (TPSA) is 39.6 Å². The molecule has 0 saturated carbocycles. The standard InChI is InChI=1S/C14H14N2/c1-2-11-3-5-12(6-4-11)14(9-15)13-7-8-16-10-13/h3-8,10,14,16H,2H2,1H3. The molecule has 0 aliphatic carbocycles. The lowest BCUT2D eigenvalue weighted by atomic mass is 9.94. The SMILES string of the molecule is CCc1ccc(C(C#N)c2cc[nH]c2)cc1. The summed E-state index contributed by atoms with van der Waals surface area (Å²) < 4.78 is 0. The molecule has 1 unspecified atom stereocenters. The molecule has 80 valence electrons. The molecule has 1 aromatic carbocycles. The van der Waals surface area contributed by atoms with E-state index in [1.807, 2.05) is 30.6 Å². The molecule has 1 heterocycles. The van der Waals surface area contributed by atoms with Crippen LogP contribution in [0.2, 0.25) is 0 Å². The molecule has 2 rings (SSSR count). The second-order valence-electron chi connectivity index (χ2n) is 3.80. The smallest absolute Gasteiger partial charge is 0.0977 e. The molecule has 0 radical (unpaired) electrons. The van der Waals surface area contributed by atoms with Crippen LogP contribution in [-0.2, 0) is 6.42 Å². The first kappa shape index (κ1) is 10.5. The van der Waals surface area contributed by atoms with Crippen LogP contribution in [0, 0.1) is 11.3 Å². The maximum atomic E-state index is 9.21. The largest absolute Gasteiger partial charge is 0.367 e. The number of nitrogens with zero attached hydrogens (tertiary/aromatic N) is 1. The Bertz CT molecular complexity index is 474.